The van der Waals surface area contributed by atoms with Crippen LogP contribution in [0, 0.1) is 0 Å². The molecule has 5 aromatic rings. The van der Waals surface area contributed by atoms with Gasteiger partial charge in [0.25, 0.3) is 0 Å². The molecular weight excluding hydrogens is 463 g/mol. The van der Waals surface area contributed by atoms with Crippen molar-refractivity contribution in [1.82, 2.24) is 4.98 Å². The minimum atomic E-state index is -4.52. The highest BCUT2D eigenvalue weighted by molar-refractivity contribution is 5.98. The number of aromatic nitrogens is 1. The molecule has 0 unspecified atom stereocenters. The van der Waals surface area contributed by atoms with Crippen molar-refractivity contribution in [1.29, 1.82) is 0 Å². The van der Waals surface area contributed by atoms with Gasteiger partial charge in [-0.25, -0.2) is 0 Å². The third-order valence-corrected chi connectivity index (χ3v) is 5.96. The predicted molar refractivity (Wildman–Crippen MR) is 134 cm³/mol. The summed E-state index contributed by atoms with van der Waals surface area (Å²) in [5.74, 6) is 1.09. The van der Waals surface area contributed by atoms with E-state index in [0.717, 1.165) is 22.8 Å². The van der Waals surface area contributed by atoms with Gasteiger partial charge in [0.15, 0.2) is 0 Å². The van der Waals surface area contributed by atoms with Gasteiger partial charge in [0, 0.05) is 11.6 Å². The Hall–Kier alpha value is -4.16. The Morgan fingerprint density at radius 1 is 0.750 bits per heavy atom. The summed E-state index contributed by atoms with van der Waals surface area (Å²) >= 11 is 0. The lowest BCUT2D eigenvalue weighted by Gasteiger charge is -2.17. The van der Waals surface area contributed by atoms with Crippen LogP contribution in [0.4, 0.5) is 13.2 Å². The summed E-state index contributed by atoms with van der Waals surface area (Å²) in [6, 6.07) is 28.3. The van der Waals surface area contributed by atoms with Gasteiger partial charge in [0.1, 0.15) is 11.5 Å². The first-order valence-corrected chi connectivity index (χ1v) is 11.4. The predicted octanol–water partition coefficient (Wildman–Crippen LogP) is 7.80. The van der Waals surface area contributed by atoms with Crippen LogP contribution in [0.25, 0.3) is 22.0 Å². The van der Waals surface area contributed by atoms with Crippen LogP contribution < -0.4 is 4.74 Å². The first kappa shape index (κ1) is 23.6. The summed E-state index contributed by atoms with van der Waals surface area (Å²) in [5.41, 5.74) is 3.12. The number of pyridine rings is 1. The summed E-state index contributed by atoms with van der Waals surface area (Å²) in [7, 11) is 0. The molecule has 0 atom stereocenters. The fourth-order valence-corrected chi connectivity index (χ4v) is 4.34. The molecule has 0 aliphatic rings. The van der Waals surface area contributed by atoms with E-state index in [1.165, 1.54) is 12.3 Å². The zero-order valence-electron chi connectivity index (χ0n) is 19.2. The van der Waals surface area contributed by atoms with Crippen molar-refractivity contribution in [2.24, 2.45) is 0 Å². The van der Waals surface area contributed by atoms with E-state index >= 15 is 0 Å². The number of aliphatic hydroxyl groups is 1. The monoisotopic (exact) mass is 485 g/mol. The largest absolute Gasteiger partial charge is 0.457 e. The summed E-state index contributed by atoms with van der Waals surface area (Å²) in [4.78, 5) is 4.26. The Kier molecular flexibility index (Phi) is 6.44. The molecule has 1 aromatic heterocycles. The van der Waals surface area contributed by atoms with E-state index in [1.807, 2.05) is 48.5 Å². The molecule has 180 valence electrons. The maximum Gasteiger partial charge on any atom is 0.418 e. The van der Waals surface area contributed by atoms with E-state index in [-0.39, 0.29) is 12.1 Å². The van der Waals surface area contributed by atoms with Gasteiger partial charge >= 0.3 is 6.18 Å². The smallest absolute Gasteiger partial charge is 0.418 e. The van der Waals surface area contributed by atoms with Gasteiger partial charge in [-0.05, 0) is 64.6 Å². The lowest BCUT2D eigenvalue weighted by molar-refractivity contribution is -0.136. The van der Waals surface area contributed by atoms with Crippen LogP contribution >= 0.6 is 0 Å². The fraction of sp³-hybridized carbons (Fsp3) is 0.100. The Morgan fingerprint density at radius 3 is 2.19 bits per heavy atom. The second-order valence-corrected chi connectivity index (χ2v) is 8.46. The highest BCUT2D eigenvalue weighted by Gasteiger charge is 2.33. The normalized spacial score (nSPS) is 11.6. The van der Waals surface area contributed by atoms with Crippen molar-refractivity contribution in [3.05, 3.63) is 126 Å². The van der Waals surface area contributed by atoms with Gasteiger partial charge in [-0.3, -0.25) is 4.98 Å². The van der Waals surface area contributed by atoms with E-state index in [4.69, 9.17) is 4.74 Å². The van der Waals surface area contributed by atoms with Crippen LogP contribution in [0.3, 0.4) is 0 Å². The number of benzene rings is 4. The van der Waals surface area contributed by atoms with Crippen molar-refractivity contribution in [2.75, 3.05) is 0 Å². The molecule has 0 aliphatic carbocycles. The number of hydrogen-bond acceptors (Lipinski definition) is 3. The van der Waals surface area contributed by atoms with Gasteiger partial charge in [-0.1, -0.05) is 66.7 Å². The number of fused-ring (bicyclic) bond motifs is 1. The minimum Gasteiger partial charge on any atom is -0.457 e. The minimum absolute atomic E-state index is 0.0845. The number of halogens is 3. The number of rotatable bonds is 6. The lowest BCUT2D eigenvalue weighted by atomic mass is 9.92. The fourth-order valence-electron chi connectivity index (χ4n) is 4.34. The van der Waals surface area contributed by atoms with Gasteiger partial charge in [0.05, 0.1) is 17.7 Å². The quantitative estimate of drug-likeness (QED) is 0.267. The van der Waals surface area contributed by atoms with E-state index in [1.54, 1.807) is 36.4 Å². The third-order valence-electron chi connectivity index (χ3n) is 5.96. The second-order valence-electron chi connectivity index (χ2n) is 8.46. The van der Waals surface area contributed by atoms with Crippen LogP contribution in [-0.4, -0.2) is 10.1 Å². The zero-order valence-corrected chi connectivity index (χ0v) is 19.2. The molecule has 4 aromatic carbocycles. The Labute approximate surface area is 206 Å². The van der Waals surface area contributed by atoms with E-state index in [9.17, 15) is 18.3 Å². The van der Waals surface area contributed by atoms with Crippen molar-refractivity contribution in [3.8, 4) is 22.6 Å². The molecule has 6 heteroatoms. The molecule has 5 rings (SSSR count). The molecule has 0 saturated carbocycles. The van der Waals surface area contributed by atoms with Gasteiger partial charge in [-0.15, -0.1) is 0 Å². The van der Waals surface area contributed by atoms with Gasteiger partial charge in [0.2, 0.25) is 0 Å². The van der Waals surface area contributed by atoms with Crippen molar-refractivity contribution >= 4 is 10.9 Å². The first-order valence-electron chi connectivity index (χ1n) is 11.4. The molecule has 36 heavy (non-hydrogen) atoms. The van der Waals surface area contributed by atoms with Crippen molar-refractivity contribution < 1.29 is 23.0 Å². The standard InChI is InChI=1S/C30H22F3NO2/c31-30(32,33)27-14-6-13-26-28(23(18-34-29(26)27)15-20-7-2-1-3-8-20)22-10-5-12-25(17-22)36-24-11-4-9-21(16-24)19-35/h1-14,16-18,35H,15,19H2. The summed E-state index contributed by atoms with van der Waals surface area (Å²) in [6.45, 7) is -0.107. The number of para-hydroxylation sites is 1. The second kappa shape index (κ2) is 9.84. The molecule has 0 radical (unpaired) electrons. The SMILES string of the molecule is OCc1cccc(Oc2cccc(-c3c(Cc4ccccc4)cnc4c(C(F)(F)F)cccc34)c2)c1. The van der Waals surface area contributed by atoms with Crippen molar-refractivity contribution in [3.63, 3.8) is 0 Å². The average Bonchev–Trinajstić information content (AvgIpc) is 2.88. The number of aliphatic hydroxyl groups excluding tert-OH is 1. The molecule has 1 heterocycles. The molecule has 1 N–H and O–H groups in total. The van der Waals surface area contributed by atoms with Gasteiger partial charge in [-0.2, -0.15) is 13.2 Å². The number of nitrogens with zero attached hydrogens (tertiary/aromatic N) is 1. The molecule has 3 nitrogen and oxygen atoms in total. The third kappa shape index (κ3) is 4.95. The molecule has 0 spiro atoms. The van der Waals surface area contributed by atoms with Crippen LogP contribution in [0.1, 0.15) is 22.3 Å². The molecular formula is C30H22F3NO2. The van der Waals surface area contributed by atoms with Crippen LogP contribution in [-0.2, 0) is 19.2 Å². The molecule has 0 fully saturated rings. The van der Waals surface area contributed by atoms with Crippen LogP contribution in [0.15, 0.2) is 103 Å². The molecule has 0 aliphatic heterocycles. The van der Waals surface area contributed by atoms with Gasteiger partial charge < -0.3 is 9.84 Å². The molecule has 0 saturated heterocycles. The Bertz CT molecular complexity index is 1510. The summed E-state index contributed by atoms with van der Waals surface area (Å²) in [5, 5.41) is 9.84. The highest BCUT2D eigenvalue weighted by Crippen LogP contribution is 2.40. The number of alkyl halides is 3. The lowest BCUT2D eigenvalue weighted by Crippen LogP contribution is -2.07. The summed E-state index contributed by atoms with van der Waals surface area (Å²) < 4.78 is 47.4. The molecule has 0 amide bonds. The Balaban J connectivity index is 1.66. The highest BCUT2D eigenvalue weighted by atomic mass is 19.4. The van der Waals surface area contributed by atoms with Crippen LogP contribution in [0.5, 0.6) is 11.5 Å². The average molecular weight is 486 g/mol. The van der Waals surface area contributed by atoms with E-state index in [2.05, 4.69) is 4.98 Å². The maximum absolute atomic E-state index is 13.8. The number of ether oxygens (including phenoxy) is 1. The van der Waals surface area contributed by atoms with E-state index in [0.29, 0.717) is 34.4 Å². The summed E-state index contributed by atoms with van der Waals surface area (Å²) in [6.07, 6.45) is -2.47. The Morgan fingerprint density at radius 2 is 1.44 bits per heavy atom. The maximum atomic E-state index is 13.8. The van der Waals surface area contributed by atoms with E-state index < -0.39 is 11.7 Å². The first-order chi connectivity index (χ1) is 17.4. The molecule has 0 bridgehead atoms. The van der Waals surface area contributed by atoms with Crippen LogP contribution in [0.2, 0.25) is 0 Å². The number of hydrogen-bond donors (Lipinski definition) is 1. The topological polar surface area (TPSA) is 42.4 Å². The zero-order chi connectivity index (χ0) is 25.1. The van der Waals surface area contributed by atoms with Crippen molar-refractivity contribution in [2.45, 2.75) is 19.2 Å².